The molecule has 164 valence electrons. The lowest BCUT2D eigenvalue weighted by Crippen LogP contribution is -2.31. The van der Waals surface area contributed by atoms with Crippen LogP contribution in [0.25, 0.3) is 11.4 Å². The van der Waals surface area contributed by atoms with Gasteiger partial charge in [0.25, 0.3) is 15.9 Å². The number of imidazole rings is 1. The average molecular weight is 451 g/mol. The Morgan fingerprint density at radius 1 is 1.10 bits per heavy atom. The number of nitrogens with one attached hydrogen (secondary N) is 1. The monoisotopic (exact) mass is 451 g/mol. The van der Waals surface area contributed by atoms with Crippen LogP contribution in [0.15, 0.2) is 41.3 Å². The largest absolute Gasteiger partial charge is 0.497 e. The minimum absolute atomic E-state index is 0.00652. The summed E-state index contributed by atoms with van der Waals surface area (Å²) in [5.74, 6) is -2.73. The Morgan fingerprint density at radius 2 is 1.74 bits per heavy atom. The summed E-state index contributed by atoms with van der Waals surface area (Å²) in [7, 11) is -0.291. The van der Waals surface area contributed by atoms with Crippen molar-refractivity contribution in [1.29, 1.82) is 0 Å². The number of carbonyl (C=O) groups is 1. The third-order valence-electron chi connectivity index (χ3n) is 4.67. The zero-order valence-corrected chi connectivity index (χ0v) is 17.9. The quantitative estimate of drug-likeness (QED) is 0.619. The Bertz CT molecular complexity index is 1250. The Balaban J connectivity index is 2.02. The number of carbonyl (C=O) groups excluding carboxylic acids is 1. The number of benzene rings is 2. The van der Waals surface area contributed by atoms with Gasteiger partial charge < -0.3 is 14.0 Å². The second-order valence-electron chi connectivity index (χ2n) is 6.48. The van der Waals surface area contributed by atoms with Crippen molar-refractivity contribution in [1.82, 2.24) is 14.3 Å². The zero-order valence-electron chi connectivity index (χ0n) is 17.1. The summed E-state index contributed by atoms with van der Waals surface area (Å²) in [4.78, 5) is 16.4. The fourth-order valence-electron chi connectivity index (χ4n) is 2.95. The Morgan fingerprint density at radius 3 is 2.32 bits per heavy atom. The minimum atomic E-state index is -4.39. The van der Waals surface area contributed by atoms with Crippen molar-refractivity contribution in [2.45, 2.75) is 11.8 Å². The van der Waals surface area contributed by atoms with Gasteiger partial charge in [0.15, 0.2) is 5.69 Å². The normalized spacial score (nSPS) is 11.3. The van der Waals surface area contributed by atoms with E-state index in [2.05, 4.69) is 4.98 Å². The van der Waals surface area contributed by atoms with Crippen molar-refractivity contribution >= 4 is 15.9 Å². The summed E-state index contributed by atoms with van der Waals surface area (Å²) in [6.07, 6.45) is 0. The molecule has 1 N–H and O–H groups in total. The molecule has 0 spiro atoms. The third kappa shape index (κ3) is 4.08. The highest BCUT2D eigenvalue weighted by Crippen LogP contribution is 2.29. The highest BCUT2D eigenvalue weighted by atomic mass is 32.2. The van der Waals surface area contributed by atoms with Crippen molar-refractivity contribution in [2.75, 3.05) is 14.2 Å². The van der Waals surface area contributed by atoms with Crippen molar-refractivity contribution in [2.24, 2.45) is 7.05 Å². The molecular formula is C20H19F2N3O5S. The number of methoxy groups -OCH3 is 2. The van der Waals surface area contributed by atoms with Crippen LogP contribution in [0, 0.1) is 18.6 Å². The molecule has 0 bridgehead atoms. The van der Waals surface area contributed by atoms with E-state index in [4.69, 9.17) is 9.47 Å². The zero-order chi connectivity index (χ0) is 22.9. The minimum Gasteiger partial charge on any atom is -0.497 e. The Labute approximate surface area is 177 Å². The first-order valence-electron chi connectivity index (χ1n) is 8.87. The van der Waals surface area contributed by atoms with Gasteiger partial charge >= 0.3 is 0 Å². The number of nitrogens with zero attached hydrogens (tertiary/aromatic N) is 2. The molecule has 3 rings (SSSR count). The topological polar surface area (TPSA) is 99.5 Å². The van der Waals surface area contributed by atoms with Crippen LogP contribution >= 0.6 is 0 Å². The molecule has 0 aliphatic carbocycles. The fraction of sp³-hybridized carbons (Fsp3) is 0.200. The van der Waals surface area contributed by atoms with Gasteiger partial charge in [-0.25, -0.2) is 26.9 Å². The van der Waals surface area contributed by atoms with Crippen LogP contribution in [-0.2, 0) is 17.1 Å². The fourth-order valence-corrected chi connectivity index (χ4v) is 4.09. The summed E-state index contributed by atoms with van der Waals surface area (Å²) in [6, 6.07) is 7.38. The lowest BCUT2D eigenvalue weighted by Gasteiger charge is -2.11. The maximum atomic E-state index is 14.2. The number of rotatable bonds is 6. The van der Waals surface area contributed by atoms with Gasteiger partial charge in [0, 0.05) is 18.8 Å². The molecule has 0 saturated carbocycles. The van der Waals surface area contributed by atoms with Crippen LogP contribution in [-0.4, -0.2) is 38.1 Å². The molecule has 11 heteroatoms. The number of ether oxygens (including phenoxy) is 2. The predicted octanol–water partition coefficient (Wildman–Crippen LogP) is 2.81. The standard InChI is InChI=1S/C20H19F2N3O5S/c1-11-18(23-19(25(11)2)17-13(21)6-5-7-14(17)22)20(26)24-31(27,28)16-10-12(29-3)8-9-15(16)30-4/h5-10H,1-4H3,(H,24,26). The molecule has 0 aliphatic rings. The third-order valence-corrected chi connectivity index (χ3v) is 6.02. The molecule has 3 aromatic rings. The van der Waals surface area contributed by atoms with E-state index in [9.17, 15) is 22.0 Å². The van der Waals surface area contributed by atoms with Crippen molar-refractivity contribution in [3.63, 3.8) is 0 Å². The maximum Gasteiger partial charge on any atom is 0.285 e. The molecule has 0 aliphatic heterocycles. The predicted molar refractivity (Wildman–Crippen MR) is 107 cm³/mol. The van der Waals surface area contributed by atoms with E-state index in [0.717, 1.165) is 12.1 Å². The van der Waals surface area contributed by atoms with Crippen LogP contribution in [0.2, 0.25) is 0 Å². The average Bonchev–Trinajstić information content (AvgIpc) is 3.02. The maximum absolute atomic E-state index is 14.2. The molecule has 0 saturated heterocycles. The van der Waals surface area contributed by atoms with Gasteiger partial charge in [-0.2, -0.15) is 0 Å². The molecule has 0 atom stereocenters. The van der Waals surface area contributed by atoms with E-state index in [1.165, 1.54) is 57.0 Å². The van der Waals surface area contributed by atoms with Gasteiger partial charge in [-0.3, -0.25) is 4.79 Å². The van der Waals surface area contributed by atoms with E-state index in [0.29, 0.717) is 0 Å². The van der Waals surface area contributed by atoms with Gasteiger partial charge in [-0.1, -0.05) is 6.07 Å². The molecule has 0 fully saturated rings. The molecule has 31 heavy (non-hydrogen) atoms. The number of hydrogen-bond donors (Lipinski definition) is 1. The van der Waals surface area contributed by atoms with E-state index < -0.39 is 33.1 Å². The molecule has 1 amide bonds. The smallest absolute Gasteiger partial charge is 0.285 e. The van der Waals surface area contributed by atoms with E-state index in [1.54, 1.807) is 0 Å². The van der Waals surface area contributed by atoms with Crippen LogP contribution in [0.4, 0.5) is 8.78 Å². The molecule has 1 heterocycles. The first kappa shape index (κ1) is 22.2. The summed E-state index contributed by atoms with van der Waals surface area (Å²) < 4.78 is 67.3. The van der Waals surface area contributed by atoms with Crippen LogP contribution in [0.1, 0.15) is 16.2 Å². The van der Waals surface area contributed by atoms with Crippen molar-refractivity contribution < 1.29 is 31.5 Å². The Hall–Kier alpha value is -3.47. The number of amides is 1. The molecule has 2 aromatic carbocycles. The van der Waals surface area contributed by atoms with Gasteiger partial charge in [-0.15, -0.1) is 0 Å². The first-order chi connectivity index (χ1) is 14.6. The van der Waals surface area contributed by atoms with Crippen molar-refractivity contribution in [3.8, 4) is 22.9 Å². The number of hydrogen-bond acceptors (Lipinski definition) is 6. The van der Waals surface area contributed by atoms with Crippen LogP contribution < -0.4 is 14.2 Å². The molecule has 1 aromatic heterocycles. The van der Waals surface area contributed by atoms with Crippen LogP contribution in [0.5, 0.6) is 11.5 Å². The molecule has 0 radical (unpaired) electrons. The Kier molecular flexibility index (Phi) is 5.98. The van der Waals surface area contributed by atoms with E-state index >= 15 is 0 Å². The number of aromatic nitrogens is 2. The first-order valence-corrected chi connectivity index (χ1v) is 10.4. The lowest BCUT2D eigenvalue weighted by molar-refractivity contribution is 0.0976. The second-order valence-corrected chi connectivity index (χ2v) is 8.13. The molecule has 8 nitrogen and oxygen atoms in total. The molecule has 0 unspecified atom stereocenters. The van der Waals surface area contributed by atoms with Crippen LogP contribution in [0.3, 0.4) is 0 Å². The van der Waals surface area contributed by atoms with Crippen molar-refractivity contribution in [3.05, 3.63) is 59.4 Å². The SMILES string of the molecule is COc1ccc(OC)c(S(=O)(=O)NC(=O)c2nc(-c3c(F)cccc3F)n(C)c2C)c1. The lowest BCUT2D eigenvalue weighted by atomic mass is 10.2. The van der Waals surface area contributed by atoms with E-state index in [1.807, 2.05) is 4.72 Å². The summed E-state index contributed by atoms with van der Waals surface area (Å²) >= 11 is 0. The van der Waals surface area contributed by atoms with Gasteiger partial charge in [0.05, 0.1) is 19.8 Å². The highest BCUT2D eigenvalue weighted by Gasteiger charge is 2.28. The van der Waals surface area contributed by atoms with E-state index in [-0.39, 0.29) is 33.6 Å². The molecular weight excluding hydrogens is 432 g/mol. The van der Waals surface area contributed by atoms with Gasteiger partial charge in [-0.05, 0) is 31.2 Å². The number of sulfonamides is 1. The second kappa shape index (κ2) is 8.34. The number of halogens is 2. The summed E-state index contributed by atoms with van der Waals surface area (Å²) in [5, 5.41) is 0. The summed E-state index contributed by atoms with van der Waals surface area (Å²) in [5.41, 5.74) is -0.516. The summed E-state index contributed by atoms with van der Waals surface area (Å²) in [6.45, 7) is 1.48. The van der Waals surface area contributed by atoms with Gasteiger partial charge in [0.2, 0.25) is 0 Å². The van der Waals surface area contributed by atoms with Gasteiger partial charge in [0.1, 0.15) is 33.9 Å². The highest BCUT2D eigenvalue weighted by molar-refractivity contribution is 7.90.